The van der Waals surface area contributed by atoms with E-state index in [-0.39, 0.29) is 11.4 Å². The van der Waals surface area contributed by atoms with Crippen LogP contribution in [0.1, 0.15) is 15.9 Å². The summed E-state index contributed by atoms with van der Waals surface area (Å²) in [4.78, 5) is 16.9. The molecule has 0 unspecified atom stereocenters. The molecular weight excluding hydrogens is 354 g/mol. The normalized spacial score (nSPS) is 13.2. The van der Waals surface area contributed by atoms with Gasteiger partial charge in [0.15, 0.2) is 0 Å². The fraction of sp³-hybridized carbons (Fsp3) is 0.105. The molecular formula is C19H14F2N4O2. The first-order valence-electron chi connectivity index (χ1n) is 8.20. The first-order valence-corrected chi connectivity index (χ1v) is 8.20. The van der Waals surface area contributed by atoms with Gasteiger partial charge in [0.05, 0.1) is 24.0 Å². The summed E-state index contributed by atoms with van der Waals surface area (Å²) in [6.45, 7) is 0.963. The monoisotopic (exact) mass is 368 g/mol. The number of carbonyl (C=O) groups excluding carboxylic acids is 1. The maximum absolute atomic E-state index is 13.2. The number of benzene rings is 2. The second-order valence-electron chi connectivity index (χ2n) is 5.79. The van der Waals surface area contributed by atoms with Crippen LogP contribution in [0.15, 0.2) is 59.7 Å². The number of amides is 1. The third-order valence-corrected chi connectivity index (χ3v) is 3.99. The summed E-state index contributed by atoms with van der Waals surface area (Å²) in [7, 11) is 0. The van der Waals surface area contributed by atoms with Crippen LogP contribution in [-0.2, 0) is 4.74 Å². The molecule has 27 heavy (non-hydrogen) atoms. The van der Waals surface area contributed by atoms with Crippen LogP contribution in [0.3, 0.4) is 0 Å². The van der Waals surface area contributed by atoms with Gasteiger partial charge in [-0.1, -0.05) is 0 Å². The SMILES string of the molecule is O=C(Nc1c(C2=NCCO2)cnn1-c1ccc(F)cc1)c1ccc(F)cc1. The van der Waals surface area contributed by atoms with E-state index in [1.807, 2.05) is 0 Å². The molecule has 6 nitrogen and oxygen atoms in total. The standard InChI is InChI=1S/C19H14F2N4O2/c20-13-3-1-12(2-4-13)18(26)24-17-16(19-22-9-10-27-19)11-23-25(17)15-7-5-14(21)6-8-15/h1-8,11H,9-10H2,(H,24,26). The van der Waals surface area contributed by atoms with E-state index < -0.39 is 11.7 Å². The topological polar surface area (TPSA) is 68.5 Å². The number of aliphatic imine (C=N–C) groups is 1. The van der Waals surface area contributed by atoms with Crippen molar-refractivity contribution in [3.05, 3.63) is 77.5 Å². The van der Waals surface area contributed by atoms with Crippen LogP contribution in [0, 0.1) is 11.6 Å². The van der Waals surface area contributed by atoms with E-state index in [1.54, 1.807) is 0 Å². The Morgan fingerprint density at radius 2 is 1.70 bits per heavy atom. The van der Waals surface area contributed by atoms with Crippen molar-refractivity contribution < 1.29 is 18.3 Å². The number of carbonyl (C=O) groups is 1. The van der Waals surface area contributed by atoms with E-state index in [1.165, 1.54) is 59.4 Å². The Labute approximate surface area is 153 Å². The van der Waals surface area contributed by atoms with E-state index in [9.17, 15) is 13.6 Å². The maximum atomic E-state index is 13.2. The summed E-state index contributed by atoms with van der Waals surface area (Å²) in [5.74, 6) is -0.558. The van der Waals surface area contributed by atoms with Gasteiger partial charge in [0, 0.05) is 5.56 Å². The number of hydrogen-bond acceptors (Lipinski definition) is 4. The zero-order valence-electron chi connectivity index (χ0n) is 14.0. The minimum atomic E-state index is -0.446. The number of hydrogen-bond donors (Lipinski definition) is 1. The fourth-order valence-electron chi connectivity index (χ4n) is 2.68. The minimum absolute atomic E-state index is 0.281. The van der Waals surface area contributed by atoms with Gasteiger partial charge < -0.3 is 10.1 Å². The Balaban J connectivity index is 1.74. The quantitative estimate of drug-likeness (QED) is 0.769. The van der Waals surface area contributed by atoms with Gasteiger partial charge in [0.2, 0.25) is 5.90 Å². The third kappa shape index (κ3) is 3.41. The molecule has 1 aromatic heterocycles. The molecule has 3 aromatic rings. The molecule has 1 amide bonds. The van der Waals surface area contributed by atoms with Crippen LogP contribution in [0.5, 0.6) is 0 Å². The Morgan fingerprint density at radius 1 is 1.04 bits per heavy atom. The molecule has 1 aliphatic heterocycles. The van der Waals surface area contributed by atoms with Crippen LogP contribution in [0.2, 0.25) is 0 Å². The molecule has 136 valence electrons. The highest BCUT2D eigenvalue weighted by molar-refractivity contribution is 6.08. The zero-order valence-corrected chi connectivity index (χ0v) is 14.0. The first kappa shape index (κ1) is 16.9. The lowest BCUT2D eigenvalue weighted by atomic mass is 10.2. The molecule has 1 N–H and O–H groups in total. The van der Waals surface area contributed by atoms with Crippen molar-refractivity contribution in [2.24, 2.45) is 4.99 Å². The van der Waals surface area contributed by atoms with Crippen LogP contribution < -0.4 is 5.32 Å². The molecule has 0 atom stereocenters. The summed E-state index contributed by atoms with van der Waals surface area (Å²) in [5.41, 5.74) is 1.34. The Bertz CT molecular complexity index is 1010. The summed E-state index contributed by atoms with van der Waals surface area (Å²) in [6.07, 6.45) is 1.52. The predicted octanol–water partition coefficient (Wildman–Crippen LogP) is 3.18. The number of anilines is 1. The fourth-order valence-corrected chi connectivity index (χ4v) is 2.68. The number of nitrogens with one attached hydrogen (secondary N) is 1. The van der Waals surface area contributed by atoms with Gasteiger partial charge in [0.1, 0.15) is 24.1 Å². The Hall–Kier alpha value is -3.55. The number of nitrogens with zero attached hydrogens (tertiary/aromatic N) is 3. The Morgan fingerprint density at radius 3 is 2.33 bits per heavy atom. The van der Waals surface area contributed by atoms with Crippen molar-refractivity contribution in [2.75, 3.05) is 18.5 Å². The summed E-state index contributed by atoms with van der Waals surface area (Å²) in [6, 6.07) is 10.8. The third-order valence-electron chi connectivity index (χ3n) is 3.99. The zero-order chi connectivity index (χ0) is 18.8. The minimum Gasteiger partial charge on any atom is -0.475 e. The molecule has 0 aliphatic carbocycles. The van der Waals surface area contributed by atoms with Crippen LogP contribution in [0.25, 0.3) is 5.69 Å². The van der Waals surface area contributed by atoms with Gasteiger partial charge >= 0.3 is 0 Å². The molecule has 1 aliphatic rings. The summed E-state index contributed by atoms with van der Waals surface area (Å²) in [5, 5.41) is 7.05. The van der Waals surface area contributed by atoms with Crippen LogP contribution in [-0.4, -0.2) is 34.7 Å². The molecule has 0 saturated heterocycles. The van der Waals surface area contributed by atoms with E-state index >= 15 is 0 Å². The van der Waals surface area contributed by atoms with E-state index in [2.05, 4.69) is 15.4 Å². The van der Waals surface area contributed by atoms with Gasteiger partial charge in [0.25, 0.3) is 5.91 Å². The maximum Gasteiger partial charge on any atom is 0.256 e. The molecule has 0 radical (unpaired) electrons. The molecule has 0 fully saturated rings. The second kappa shape index (κ2) is 6.99. The van der Waals surface area contributed by atoms with E-state index in [0.717, 1.165) is 0 Å². The lowest BCUT2D eigenvalue weighted by molar-refractivity contribution is 0.102. The van der Waals surface area contributed by atoms with Crippen molar-refractivity contribution in [1.82, 2.24) is 9.78 Å². The number of aromatic nitrogens is 2. The van der Waals surface area contributed by atoms with Crippen molar-refractivity contribution in [3.8, 4) is 5.69 Å². The van der Waals surface area contributed by atoms with Crippen molar-refractivity contribution in [2.45, 2.75) is 0 Å². The number of ether oxygens (including phenoxy) is 1. The molecule has 4 rings (SSSR count). The molecule has 2 heterocycles. The highest BCUT2D eigenvalue weighted by Gasteiger charge is 2.22. The lowest BCUT2D eigenvalue weighted by Crippen LogP contribution is -2.17. The van der Waals surface area contributed by atoms with E-state index in [4.69, 9.17) is 4.74 Å². The van der Waals surface area contributed by atoms with Gasteiger partial charge in [-0.2, -0.15) is 5.10 Å². The smallest absolute Gasteiger partial charge is 0.256 e. The van der Waals surface area contributed by atoms with Gasteiger partial charge in [-0.25, -0.2) is 18.5 Å². The molecule has 2 aromatic carbocycles. The average molecular weight is 368 g/mol. The van der Waals surface area contributed by atoms with Crippen molar-refractivity contribution in [1.29, 1.82) is 0 Å². The van der Waals surface area contributed by atoms with Crippen LogP contribution >= 0.6 is 0 Å². The molecule has 8 heteroatoms. The van der Waals surface area contributed by atoms with Crippen molar-refractivity contribution in [3.63, 3.8) is 0 Å². The van der Waals surface area contributed by atoms with E-state index in [0.29, 0.717) is 36.1 Å². The second-order valence-corrected chi connectivity index (χ2v) is 5.79. The summed E-state index contributed by atoms with van der Waals surface area (Å²) >= 11 is 0. The highest BCUT2D eigenvalue weighted by atomic mass is 19.1. The van der Waals surface area contributed by atoms with Gasteiger partial charge in [-0.05, 0) is 48.5 Å². The van der Waals surface area contributed by atoms with Gasteiger partial charge in [-0.15, -0.1) is 0 Å². The molecule has 0 saturated carbocycles. The van der Waals surface area contributed by atoms with Crippen molar-refractivity contribution >= 4 is 17.6 Å². The number of halogens is 2. The largest absolute Gasteiger partial charge is 0.475 e. The van der Waals surface area contributed by atoms with Gasteiger partial charge in [-0.3, -0.25) is 4.79 Å². The average Bonchev–Trinajstić information content (AvgIpc) is 3.33. The predicted molar refractivity (Wildman–Crippen MR) is 95.2 cm³/mol. The Kier molecular flexibility index (Phi) is 4.37. The number of rotatable bonds is 4. The summed E-state index contributed by atoms with van der Waals surface area (Å²) < 4.78 is 33.3. The first-order chi connectivity index (χ1) is 13.1. The lowest BCUT2D eigenvalue weighted by Gasteiger charge is -2.11. The van der Waals surface area contributed by atoms with Crippen LogP contribution in [0.4, 0.5) is 14.6 Å². The highest BCUT2D eigenvalue weighted by Crippen LogP contribution is 2.24. The molecule has 0 bridgehead atoms. The molecule has 0 spiro atoms.